The minimum atomic E-state index is -0.500. The van der Waals surface area contributed by atoms with Gasteiger partial charge in [-0.3, -0.25) is 19.4 Å². The molecule has 2 heterocycles. The molecule has 5 rings (SSSR count). The molecule has 3 aromatic carbocycles. The van der Waals surface area contributed by atoms with E-state index in [9.17, 15) is 24.6 Å². The number of anilines is 2. The summed E-state index contributed by atoms with van der Waals surface area (Å²) in [7, 11) is 0. The average molecular weight is 680 g/mol. The van der Waals surface area contributed by atoms with Gasteiger partial charge in [-0.1, -0.05) is 72.8 Å². The van der Waals surface area contributed by atoms with Gasteiger partial charge in [-0.05, 0) is 61.4 Å². The van der Waals surface area contributed by atoms with Crippen LogP contribution >= 0.6 is 0 Å². The van der Waals surface area contributed by atoms with E-state index in [0.717, 1.165) is 24.0 Å². The largest absolute Gasteiger partial charge is 0.491 e. The summed E-state index contributed by atoms with van der Waals surface area (Å²) in [4.78, 5) is 48.4. The van der Waals surface area contributed by atoms with Gasteiger partial charge in [-0.2, -0.15) is 0 Å². The van der Waals surface area contributed by atoms with Gasteiger partial charge in [0, 0.05) is 12.7 Å². The van der Waals surface area contributed by atoms with Crippen molar-refractivity contribution in [3.63, 3.8) is 0 Å². The Morgan fingerprint density at radius 1 is 0.760 bits per heavy atom. The Kier molecular flexibility index (Phi) is 13.3. The first kappa shape index (κ1) is 36.0. The summed E-state index contributed by atoms with van der Waals surface area (Å²) in [6.45, 7) is -0.0428. The first-order valence-electron chi connectivity index (χ1n) is 17.1. The molecule has 3 amide bonds. The van der Waals surface area contributed by atoms with Crippen molar-refractivity contribution in [2.45, 2.75) is 44.2 Å². The van der Waals surface area contributed by atoms with Crippen LogP contribution in [0.4, 0.5) is 11.4 Å². The standard InChI is InChI=1S/C39H45N5O6/c45-27-32(20-29-12-4-1-5-13-29)41-37(47)25-43-18-10-3-11-19-50-36-17-9-8-16-35(36)44(34-22-31(39(43)49)23-40-24-34)26-38(48)42-33(28-46)21-30-14-6-2-7-15-30/h1-2,4-9,12-17,22-24,32-33,45-46H,3,10-11,18-21,25-28H2,(H,41,47)(H,42,48)/t32-,33-/m0/s1. The number of aromatic nitrogens is 1. The topological polar surface area (TPSA) is 144 Å². The summed E-state index contributed by atoms with van der Waals surface area (Å²) in [6, 6.07) is 27.3. The minimum Gasteiger partial charge on any atom is -0.491 e. The summed E-state index contributed by atoms with van der Waals surface area (Å²) in [6.07, 6.45) is 6.09. The molecule has 0 saturated heterocycles. The number of aliphatic hydroxyl groups is 2. The van der Waals surface area contributed by atoms with Crippen molar-refractivity contribution >= 4 is 29.1 Å². The second-order valence-corrected chi connectivity index (χ2v) is 12.4. The molecule has 0 fully saturated rings. The maximum absolute atomic E-state index is 14.0. The predicted octanol–water partition coefficient (Wildman–Crippen LogP) is 3.66. The molecule has 0 saturated carbocycles. The normalized spacial score (nSPS) is 14.8. The highest BCUT2D eigenvalue weighted by molar-refractivity contribution is 5.97. The van der Waals surface area contributed by atoms with Gasteiger partial charge in [0.1, 0.15) is 12.3 Å². The number of benzene rings is 3. The fourth-order valence-corrected chi connectivity index (χ4v) is 5.99. The van der Waals surface area contributed by atoms with Gasteiger partial charge in [-0.25, -0.2) is 0 Å². The van der Waals surface area contributed by atoms with Crippen LogP contribution in [0.1, 0.15) is 40.7 Å². The zero-order valence-electron chi connectivity index (χ0n) is 28.1. The molecule has 0 unspecified atom stereocenters. The molecule has 1 aromatic heterocycles. The highest BCUT2D eigenvalue weighted by Gasteiger charge is 2.25. The van der Waals surface area contributed by atoms with Crippen LogP contribution in [0.3, 0.4) is 0 Å². The zero-order chi connectivity index (χ0) is 35.1. The van der Waals surface area contributed by atoms with E-state index in [1.165, 1.54) is 11.1 Å². The smallest absolute Gasteiger partial charge is 0.255 e. The lowest BCUT2D eigenvalue weighted by Crippen LogP contribution is -2.46. The molecule has 4 aromatic rings. The van der Waals surface area contributed by atoms with Gasteiger partial charge in [-0.15, -0.1) is 0 Å². The van der Waals surface area contributed by atoms with E-state index in [1.54, 1.807) is 17.2 Å². The van der Waals surface area contributed by atoms with Crippen LogP contribution in [0, 0.1) is 0 Å². The van der Waals surface area contributed by atoms with E-state index < -0.39 is 12.1 Å². The summed E-state index contributed by atoms with van der Waals surface area (Å²) >= 11 is 0. The average Bonchev–Trinajstić information content (AvgIpc) is 3.14. The first-order valence-corrected chi connectivity index (χ1v) is 17.1. The second kappa shape index (κ2) is 18.5. The number of pyridine rings is 1. The van der Waals surface area contributed by atoms with E-state index in [-0.39, 0.29) is 49.6 Å². The highest BCUT2D eigenvalue weighted by Crippen LogP contribution is 2.34. The Morgan fingerprint density at radius 3 is 2.00 bits per heavy atom. The molecule has 1 aliphatic rings. The van der Waals surface area contributed by atoms with Gasteiger partial charge >= 0.3 is 0 Å². The molecule has 0 radical (unpaired) electrons. The van der Waals surface area contributed by atoms with Crippen LogP contribution < -0.4 is 20.3 Å². The number of ether oxygens (including phenoxy) is 1. The summed E-state index contributed by atoms with van der Waals surface area (Å²) in [5.41, 5.74) is 3.33. The van der Waals surface area contributed by atoms with Crippen LogP contribution in [0.5, 0.6) is 5.75 Å². The number of carbonyl (C=O) groups excluding carboxylic acids is 3. The fraction of sp³-hybridized carbons (Fsp3) is 0.333. The SMILES string of the molecule is O=C(CN1CCCCCOc2ccccc2N(CC(=O)N[C@H](CO)Cc2ccccc2)c2cncc(c2)C1=O)N[C@H](CO)Cc1ccccc1. The molecule has 2 bridgehead atoms. The molecule has 11 nitrogen and oxygen atoms in total. The molecule has 0 aliphatic carbocycles. The van der Waals surface area contributed by atoms with Gasteiger partial charge in [0.15, 0.2) is 0 Å². The number of fused-ring (bicyclic) bond motifs is 3. The predicted molar refractivity (Wildman–Crippen MR) is 191 cm³/mol. The molecule has 0 spiro atoms. The number of nitrogens with zero attached hydrogens (tertiary/aromatic N) is 3. The molecule has 4 N–H and O–H groups in total. The number of amides is 3. The maximum atomic E-state index is 14.0. The van der Waals surface area contributed by atoms with Gasteiger partial charge < -0.3 is 35.4 Å². The number of nitrogens with one attached hydrogen (secondary N) is 2. The third kappa shape index (κ3) is 10.4. The third-order valence-electron chi connectivity index (χ3n) is 8.51. The number of hydrogen-bond donors (Lipinski definition) is 4. The Hall–Kier alpha value is -5.26. The molecule has 2 atom stereocenters. The van der Waals surface area contributed by atoms with Crippen molar-refractivity contribution in [2.24, 2.45) is 0 Å². The van der Waals surface area contributed by atoms with Crippen LogP contribution in [0.15, 0.2) is 103 Å². The van der Waals surface area contributed by atoms with Gasteiger partial charge in [0.05, 0.1) is 61.6 Å². The maximum Gasteiger partial charge on any atom is 0.255 e. The van der Waals surface area contributed by atoms with Crippen molar-refractivity contribution < 1.29 is 29.3 Å². The molecule has 11 heteroatoms. The summed E-state index contributed by atoms with van der Waals surface area (Å²) in [5.74, 6) is -0.487. The highest BCUT2D eigenvalue weighted by atomic mass is 16.5. The van der Waals surface area contributed by atoms with E-state index in [4.69, 9.17) is 4.74 Å². The molecule has 262 valence electrons. The number of aliphatic hydroxyl groups excluding tert-OH is 2. The lowest BCUT2D eigenvalue weighted by molar-refractivity contribution is -0.123. The van der Waals surface area contributed by atoms with Crippen molar-refractivity contribution in [3.05, 3.63) is 120 Å². The lowest BCUT2D eigenvalue weighted by Gasteiger charge is -2.28. The number of carbonyl (C=O) groups is 3. The molecule has 1 aliphatic heterocycles. The summed E-state index contributed by atoms with van der Waals surface area (Å²) < 4.78 is 6.21. The second-order valence-electron chi connectivity index (χ2n) is 12.4. The minimum absolute atomic E-state index is 0.138. The fourth-order valence-electron chi connectivity index (χ4n) is 5.99. The molecule has 50 heavy (non-hydrogen) atoms. The molecular weight excluding hydrogens is 634 g/mol. The van der Waals surface area contributed by atoms with E-state index in [1.807, 2.05) is 84.9 Å². The number of rotatable bonds is 12. The van der Waals surface area contributed by atoms with Crippen molar-refractivity contribution in [1.29, 1.82) is 0 Å². The molecular formula is C39H45N5O6. The van der Waals surface area contributed by atoms with Crippen LogP contribution in [-0.2, 0) is 22.4 Å². The van der Waals surface area contributed by atoms with Crippen LogP contribution in [0.2, 0.25) is 0 Å². The third-order valence-corrected chi connectivity index (χ3v) is 8.51. The Labute approximate surface area is 292 Å². The van der Waals surface area contributed by atoms with Crippen LogP contribution in [0.25, 0.3) is 0 Å². The Balaban J connectivity index is 1.37. The van der Waals surface area contributed by atoms with E-state index in [0.29, 0.717) is 49.5 Å². The zero-order valence-corrected chi connectivity index (χ0v) is 28.1. The Bertz CT molecular complexity index is 1690. The lowest BCUT2D eigenvalue weighted by atomic mass is 10.1. The monoisotopic (exact) mass is 679 g/mol. The Morgan fingerprint density at radius 2 is 1.36 bits per heavy atom. The number of hydrogen-bond acceptors (Lipinski definition) is 8. The van der Waals surface area contributed by atoms with E-state index in [2.05, 4.69) is 15.6 Å². The quantitative estimate of drug-likeness (QED) is 0.178. The summed E-state index contributed by atoms with van der Waals surface area (Å²) in [5, 5.41) is 25.9. The van der Waals surface area contributed by atoms with Crippen molar-refractivity contribution in [2.75, 3.05) is 44.4 Å². The van der Waals surface area contributed by atoms with E-state index >= 15 is 0 Å². The van der Waals surface area contributed by atoms with Gasteiger partial charge in [0.2, 0.25) is 11.8 Å². The first-order chi connectivity index (χ1) is 24.4. The number of para-hydroxylation sites is 2. The van der Waals surface area contributed by atoms with Crippen molar-refractivity contribution in [3.8, 4) is 5.75 Å². The van der Waals surface area contributed by atoms with Gasteiger partial charge in [0.25, 0.3) is 5.91 Å². The van der Waals surface area contributed by atoms with Crippen molar-refractivity contribution in [1.82, 2.24) is 20.5 Å². The van der Waals surface area contributed by atoms with Crippen LogP contribution in [-0.4, -0.2) is 89.4 Å².